The first-order valence-corrected chi connectivity index (χ1v) is 11.3. The van der Waals surface area contributed by atoms with Gasteiger partial charge in [-0.1, -0.05) is 0 Å². The quantitative estimate of drug-likeness (QED) is 0.587. The van der Waals surface area contributed by atoms with Gasteiger partial charge in [0.25, 0.3) is 0 Å². The number of aryl methyl sites for hydroxylation is 1. The van der Waals surface area contributed by atoms with Crippen LogP contribution in [0, 0.1) is 11.3 Å². The summed E-state index contributed by atoms with van der Waals surface area (Å²) in [5.41, 5.74) is 0.899. The Hall–Kier alpha value is -4.04. The molecule has 11 heteroatoms. The van der Waals surface area contributed by atoms with E-state index in [1.807, 2.05) is 36.7 Å². The molecular weight excluding hydrogens is 452 g/mol. The van der Waals surface area contributed by atoms with Gasteiger partial charge >= 0.3 is 17.8 Å². The topological polar surface area (TPSA) is 139 Å². The summed E-state index contributed by atoms with van der Waals surface area (Å²) in [4.78, 5) is 47.2. The van der Waals surface area contributed by atoms with Gasteiger partial charge in [-0.05, 0) is 38.8 Å². The number of carbonyl (C=O) groups is 3. The number of nitrogens with one attached hydrogen (secondary N) is 1. The summed E-state index contributed by atoms with van der Waals surface area (Å²) >= 11 is 0. The summed E-state index contributed by atoms with van der Waals surface area (Å²) in [5, 5.41) is 12.3. The first-order valence-electron chi connectivity index (χ1n) is 11.3. The normalized spacial score (nSPS) is 20.1. The maximum atomic E-state index is 13.1. The molecule has 0 aliphatic carbocycles. The number of imidazole rings is 1. The first kappa shape index (κ1) is 24.1. The number of ether oxygens (including phenoxy) is 2. The van der Waals surface area contributed by atoms with E-state index in [1.165, 1.54) is 4.90 Å². The molecule has 182 valence electrons. The van der Waals surface area contributed by atoms with E-state index in [1.54, 1.807) is 24.8 Å². The molecule has 4 rings (SSSR count). The van der Waals surface area contributed by atoms with Crippen LogP contribution in [0.15, 0.2) is 48.7 Å². The highest BCUT2D eigenvalue weighted by Gasteiger charge is 2.52. The minimum absolute atomic E-state index is 0.0484. The zero-order valence-corrected chi connectivity index (χ0v) is 19.6. The fourth-order valence-electron chi connectivity index (χ4n) is 4.01. The SMILES string of the molecule is CC(C)(CCn1cnc(-c2cccnc2)c1)NCC(=O)N1CCC[C@@]12OC(=O)C=C(C#N)C(=O)O2. The van der Waals surface area contributed by atoms with E-state index in [0.717, 1.165) is 17.3 Å². The van der Waals surface area contributed by atoms with Crippen molar-refractivity contribution in [1.82, 2.24) is 24.8 Å². The Labute approximate surface area is 202 Å². The van der Waals surface area contributed by atoms with Crippen molar-refractivity contribution in [2.45, 2.75) is 51.1 Å². The smallest absolute Gasteiger partial charge is 0.353 e. The summed E-state index contributed by atoms with van der Waals surface area (Å²) in [6, 6.07) is 5.42. The Kier molecular flexibility index (Phi) is 6.66. The van der Waals surface area contributed by atoms with Crippen LogP contribution < -0.4 is 5.32 Å². The predicted molar refractivity (Wildman–Crippen MR) is 122 cm³/mol. The Morgan fingerprint density at radius 1 is 1.34 bits per heavy atom. The first-order chi connectivity index (χ1) is 16.7. The van der Waals surface area contributed by atoms with Gasteiger partial charge in [0, 0.05) is 55.3 Å². The van der Waals surface area contributed by atoms with Gasteiger partial charge in [-0.3, -0.25) is 14.7 Å². The van der Waals surface area contributed by atoms with Gasteiger partial charge in [-0.2, -0.15) is 5.26 Å². The van der Waals surface area contributed by atoms with Crippen molar-refractivity contribution in [2.24, 2.45) is 0 Å². The third-order valence-electron chi connectivity index (χ3n) is 6.01. The van der Waals surface area contributed by atoms with Crippen LogP contribution in [0.3, 0.4) is 0 Å². The average Bonchev–Trinajstić information content (AvgIpc) is 3.45. The van der Waals surface area contributed by atoms with E-state index < -0.39 is 29.0 Å². The second-order valence-corrected chi connectivity index (χ2v) is 9.07. The number of esters is 2. The Morgan fingerprint density at radius 2 is 2.17 bits per heavy atom. The van der Waals surface area contributed by atoms with Gasteiger partial charge in [0.15, 0.2) is 0 Å². The minimum atomic E-state index is -1.83. The number of nitrogens with zero attached hydrogens (tertiary/aromatic N) is 5. The van der Waals surface area contributed by atoms with Crippen molar-refractivity contribution in [3.8, 4) is 17.3 Å². The molecule has 2 aromatic rings. The lowest BCUT2D eigenvalue weighted by molar-refractivity contribution is -0.263. The molecule has 4 heterocycles. The molecule has 1 N–H and O–H groups in total. The maximum absolute atomic E-state index is 13.1. The molecule has 1 spiro atoms. The van der Waals surface area contributed by atoms with E-state index in [2.05, 4.69) is 15.3 Å². The van der Waals surface area contributed by atoms with Gasteiger partial charge in [-0.15, -0.1) is 0 Å². The molecule has 1 saturated heterocycles. The van der Waals surface area contributed by atoms with Crippen LogP contribution in [0.25, 0.3) is 11.3 Å². The molecule has 11 nitrogen and oxygen atoms in total. The molecule has 1 amide bonds. The number of nitriles is 1. The van der Waals surface area contributed by atoms with Crippen molar-refractivity contribution in [3.63, 3.8) is 0 Å². The summed E-state index contributed by atoms with van der Waals surface area (Å²) in [6.07, 6.45) is 9.30. The standard InChI is InChI=1S/C24H26N6O5/c1-23(2,7-10-29-15-19(27-16-29)17-5-3-8-26-13-17)28-14-20(31)30-9-4-6-24(30)34-21(32)11-18(12-25)22(33)35-24/h3,5,8,11,13,15-16,28H,4,6-7,9-10,14H2,1-2H3/t24-/m0/s1. The second kappa shape index (κ2) is 9.68. The van der Waals surface area contributed by atoms with E-state index >= 15 is 0 Å². The zero-order chi connectivity index (χ0) is 25.1. The van der Waals surface area contributed by atoms with Crippen LogP contribution in [-0.2, 0) is 30.4 Å². The van der Waals surface area contributed by atoms with Crippen molar-refractivity contribution in [3.05, 3.63) is 48.7 Å². The van der Waals surface area contributed by atoms with E-state index in [0.29, 0.717) is 19.4 Å². The number of amides is 1. The lowest BCUT2D eigenvalue weighted by Gasteiger charge is -2.36. The number of pyridine rings is 1. The molecule has 0 saturated carbocycles. The van der Waals surface area contributed by atoms with Gasteiger partial charge in [0.1, 0.15) is 11.6 Å². The van der Waals surface area contributed by atoms with Gasteiger partial charge < -0.3 is 19.4 Å². The summed E-state index contributed by atoms with van der Waals surface area (Å²) < 4.78 is 12.6. The molecule has 1 atom stereocenters. The number of carbonyl (C=O) groups excluding carboxylic acids is 3. The fraction of sp³-hybridized carbons (Fsp3) is 0.417. The van der Waals surface area contributed by atoms with E-state index in [4.69, 9.17) is 14.7 Å². The number of aromatic nitrogens is 3. The molecule has 35 heavy (non-hydrogen) atoms. The van der Waals surface area contributed by atoms with Gasteiger partial charge in [-0.25, -0.2) is 14.6 Å². The number of rotatable bonds is 7. The van der Waals surface area contributed by atoms with Gasteiger partial charge in [0.05, 0.1) is 18.6 Å². The molecule has 0 radical (unpaired) electrons. The fourth-order valence-corrected chi connectivity index (χ4v) is 4.01. The largest absolute Gasteiger partial charge is 0.400 e. The monoisotopic (exact) mass is 478 g/mol. The molecular formula is C24H26N6O5. The number of hydrogen-bond acceptors (Lipinski definition) is 9. The summed E-state index contributed by atoms with van der Waals surface area (Å²) in [5.74, 6) is -4.09. The second-order valence-electron chi connectivity index (χ2n) is 9.07. The molecule has 2 aromatic heterocycles. The Bertz CT molecular complexity index is 1200. The maximum Gasteiger partial charge on any atom is 0.353 e. The van der Waals surface area contributed by atoms with E-state index in [-0.39, 0.29) is 25.4 Å². The molecule has 1 fully saturated rings. The molecule has 2 aliphatic rings. The highest BCUT2D eigenvalue weighted by Crippen LogP contribution is 2.34. The molecule has 0 unspecified atom stereocenters. The number of hydrogen-bond donors (Lipinski definition) is 1. The molecule has 0 bridgehead atoms. The molecule has 2 aliphatic heterocycles. The van der Waals surface area contributed by atoms with Crippen molar-refractivity contribution in [1.29, 1.82) is 5.26 Å². The van der Waals surface area contributed by atoms with E-state index in [9.17, 15) is 14.4 Å². The minimum Gasteiger partial charge on any atom is -0.400 e. The van der Waals surface area contributed by atoms with Crippen molar-refractivity contribution in [2.75, 3.05) is 13.1 Å². The predicted octanol–water partition coefficient (Wildman–Crippen LogP) is 1.53. The van der Waals surface area contributed by atoms with Crippen molar-refractivity contribution < 1.29 is 23.9 Å². The average molecular weight is 479 g/mol. The van der Waals surface area contributed by atoms with Crippen LogP contribution in [0.4, 0.5) is 0 Å². The zero-order valence-electron chi connectivity index (χ0n) is 19.6. The summed E-state index contributed by atoms with van der Waals surface area (Å²) in [7, 11) is 0. The van der Waals surface area contributed by atoms with Crippen LogP contribution >= 0.6 is 0 Å². The summed E-state index contributed by atoms with van der Waals surface area (Å²) in [6.45, 7) is 4.84. The molecule has 0 aromatic carbocycles. The van der Waals surface area contributed by atoms with Crippen LogP contribution in [0.2, 0.25) is 0 Å². The third-order valence-corrected chi connectivity index (χ3v) is 6.01. The highest BCUT2D eigenvalue weighted by molar-refractivity contribution is 6.01. The lowest BCUT2D eigenvalue weighted by Crippen LogP contribution is -2.56. The van der Waals surface area contributed by atoms with Gasteiger partial charge in [0.2, 0.25) is 5.91 Å². The highest BCUT2D eigenvalue weighted by atomic mass is 16.8. The van der Waals surface area contributed by atoms with Crippen LogP contribution in [0.5, 0.6) is 0 Å². The van der Waals surface area contributed by atoms with Crippen LogP contribution in [-0.4, -0.2) is 61.8 Å². The van der Waals surface area contributed by atoms with Crippen molar-refractivity contribution >= 4 is 17.8 Å². The van der Waals surface area contributed by atoms with Crippen LogP contribution in [0.1, 0.15) is 33.1 Å². The lowest BCUT2D eigenvalue weighted by atomic mass is 10.0. The Balaban J connectivity index is 1.34. The Morgan fingerprint density at radius 3 is 2.91 bits per heavy atom. The third kappa shape index (κ3) is 5.38. The number of likely N-dealkylation sites (tertiary alicyclic amines) is 1.